The minimum absolute atomic E-state index is 0.0765. The van der Waals surface area contributed by atoms with Crippen LogP contribution in [-0.4, -0.2) is 57.4 Å². The van der Waals surface area contributed by atoms with E-state index in [0.29, 0.717) is 31.0 Å². The van der Waals surface area contributed by atoms with E-state index >= 15 is 0 Å². The lowest BCUT2D eigenvalue weighted by molar-refractivity contribution is -0.0309. The van der Waals surface area contributed by atoms with E-state index in [1.165, 1.54) is 0 Å². The van der Waals surface area contributed by atoms with Crippen molar-refractivity contribution < 1.29 is 17.7 Å². The maximum atomic E-state index is 12.3. The number of aryl methyl sites for hydroxylation is 2. The Labute approximate surface area is 132 Å². The molecule has 0 spiro atoms. The number of morpholine rings is 1. The largest absolute Gasteiger partial charge is 0.376 e. The standard InChI is InChI=1S/C14H25N3O4S/c1-4-7-17-8-9-20-13(10-17)5-6-15-22(18,19)14-11(2)16-21-12(14)3/h13,15H,4-10H2,1-3H3/t13-/m1/s1. The van der Waals surface area contributed by atoms with Crippen molar-refractivity contribution in [3.63, 3.8) is 0 Å². The molecule has 1 atom stereocenters. The van der Waals surface area contributed by atoms with E-state index in [4.69, 9.17) is 9.26 Å². The van der Waals surface area contributed by atoms with Crippen LogP contribution in [0.1, 0.15) is 31.2 Å². The average Bonchev–Trinajstić information content (AvgIpc) is 2.79. The molecule has 2 rings (SSSR count). The van der Waals surface area contributed by atoms with Crippen LogP contribution in [0, 0.1) is 13.8 Å². The summed E-state index contributed by atoms with van der Waals surface area (Å²) < 4.78 is 37.8. The second kappa shape index (κ2) is 7.54. The number of aromatic nitrogens is 1. The molecule has 0 aliphatic carbocycles. The average molecular weight is 331 g/mol. The fraction of sp³-hybridized carbons (Fsp3) is 0.786. The molecule has 2 heterocycles. The SMILES string of the molecule is CCCN1CCO[C@H](CCNS(=O)(=O)c2c(C)noc2C)C1. The Kier molecular flexibility index (Phi) is 5.96. The summed E-state index contributed by atoms with van der Waals surface area (Å²) in [6, 6.07) is 0. The van der Waals surface area contributed by atoms with Crippen LogP contribution >= 0.6 is 0 Å². The molecule has 0 amide bonds. The minimum Gasteiger partial charge on any atom is -0.376 e. The van der Waals surface area contributed by atoms with Crippen LogP contribution in [0.25, 0.3) is 0 Å². The van der Waals surface area contributed by atoms with Crippen molar-refractivity contribution in [1.82, 2.24) is 14.8 Å². The molecule has 1 N–H and O–H groups in total. The summed E-state index contributed by atoms with van der Waals surface area (Å²) in [7, 11) is -3.58. The van der Waals surface area contributed by atoms with Gasteiger partial charge in [-0.15, -0.1) is 0 Å². The van der Waals surface area contributed by atoms with E-state index in [2.05, 4.69) is 21.7 Å². The third-order valence-corrected chi connectivity index (χ3v) is 5.46. The molecule has 1 fully saturated rings. The first-order valence-corrected chi connectivity index (χ1v) is 9.19. The van der Waals surface area contributed by atoms with Gasteiger partial charge in [0.2, 0.25) is 10.0 Å². The number of nitrogens with zero attached hydrogens (tertiary/aromatic N) is 2. The maximum absolute atomic E-state index is 12.3. The highest BCUT2D eigenvalue weighted by Crippen LogP contribution is 2.18. The number of hydrogen-bond donors (Lipinski definition) is 1. The van der Waals surface area contributed by atoms with Gasteiger partial charge in [-0.2, -0.15) is 0 Å². The van der Waals surface area contributed by atoms with Gasteiger partial charge in [-0.05, 0) is 33.2 Å². The van der Waals surface area contributed by atoms with Gasteiger partial charge in [-0.25, -0.2) is 13.1 Å². The highest BCUT2D eigenvalue weighted by molar-refractivity contribution is 7.89. The van der Waals surface area contributed by atoms with Crippen molar-refractivity contribution in [1.29, 1.82) is 0 Å². The second-order valence-corrected chi connectivity index (χ2v) is 7.34. The van der Waals surface area contributed by atoms with Gasteiger partial charge >= 0.3 is 0 Å². The Balaban J connectivity index is 1.85. The molecule has 1 aromatic rings. The molecule has 0 saturated carbocycles. The van der Waals surface area contributed by atoms with Crippen LogP contribution < -0.4 is 4.72 Å². The van der Waals surface area contributed by atoms with Crippen molar-refractivity contribution in [3.05, 3.63) is 11.5 Å². The van der Waals surface area contributed by atoms with Crippen molar-refractivity contribution in [2.24, 2.45) is 0 Å². The summed E-state index contributed by atoms with van der Waals surface area (Å²) in [5.74, 6) is 0.313. The lowest BCUT2D eigenvalue weighted by atomic mass is 10.2. The van der Waals surface area contributed by atoms with Gasteiger partial charge in [-0.3, -0.25) is 4.90 Å². The van der Waals surface area contributed by atoms with E-state index in [9.17, 15) is 8.42 Å². The van der Waals surface area contributed by atoms with Gasteiger partial charge < -0.3 is 9.26 Å². The minimum atomic E-state index is -3.58. The first-order valence-electron chi connectivity index (χ1n) is 7.70. The molecule has 1 aliphatic heterocycles. The molecular formula is C14H25N3O4S. The van der Waals surface area contributed by atoms with Gasteiger partial charge in [0.05, 0.1) is 12.7 Å². The third kappa shape index (κ3) is 4.28. The smallest absolute Gasteiger partial charge is 0.245 e. The van der Waals surface area contributed by atoms with Crippen molar-refractivity contribution in [2.75, 3.05) is 32.8 Å². The fourth-order valence-electron chi connectivity index (χ4n) is 2.76. The van der Waals surface area contributed by atoms with Gasteiger partial charge in [-0.1, -0.05) is 12.1 Å². The van der Waals surface area contributed by atoms with Crippen LogP contribution in [0.2, 0.25) is 0 Å². The molecule has 0 unspecified atom stereocenters. The van der Waals surface area contributed by atoms with Gasteiger partial charge in [0.1, 0.15) is 10.6 Å². The summed E-state index contributed by atoms with van der Waals surface area (Å²) in [5, 5.41) is 3.69. The molecular weight excluding hydrogens is 306 g/mol. The third-order valence-electron chi connectivity index (χ3n) is 3.76. The molecule has 126 valence electrons. The normalized spacial score (nSPS) is 20.4. The lowest BCUT2D eigenvalue weighted by Crippen LogP contribution is -2.44. The number of nitrogens with one attached hydrogen (secondary N) is 1. The monoisotopic (exact) mass is 331 g/mol. The van der Waals surface area contributed by atoms with E-state index < -0.39 is 10.0 Å². The lowest BCUT2D eigenvalue weighted by Gasteiger charge is -2.32. The van der Waals surface area contributed by atoms with Crippen LogP contribution in [0.5, 0.6) is 0 Å². The summed E-state index contributed by atoms with van der Waals surface area (Å²) in [5.41, 5.74) is 0.382. The fourth-order valence-corrected chi connectivity index (χ4v) is 4.13. The predicted molar refractivity (Wildman–Crippen MR) is 82.3 cm³/mol. The Bertz CT molecular complexity index is 563. The molecule has 0 radical (unpaired) electrons. The van der Waals surface area contributed by atoms with Gasteiger partial charge in [0.15, 0.2) is 5.76 Å². The Morgan fingerprint density at radius 1 is 1.41 bits per heavy atom. The molecule has 1 aliphatic rings. The summed E-state index contributed by atoms with van der Waals surface area (Å²) >= 11 is 0. The highest BCUT2D eigenvalue weighted by atomic mass is 32.2. The zero-order valence-electron chi connectivity index (χ0n) is 13.5. The van der Waals surface area contributed by atoms with Gasteiger partial charge in [0.25, 0.3) is 0 Å². The van der Waals surface area contributed by atoms with E-state index in [0.717, 1.165) is 26.1 Å². The maximum Gasteiger partial charge on any atom is 0.245 e. The zero-order chi connectivity index (χ0) is 16.2. The number of rotatable bonds is 7. The molecule has 0 aromatic carbocycles. The van der Waals surface area contributed by atoms with Crippen LogP contribution in [0.3, 0.4) is 0 Å². The van der Waals surface area contributed by atoms with Crippen LogP contribution in [0.15, 0.2) is 9.42 Å². The number of sulfonamides is 1. The molecule has 1 saturated heterocycles. The Morgan fingerprint density at radius 2 is 2.18 bits per heavy atom. The molecule has 22 heavy (non-hydrogen) atoms. The molecule has 1 aromatic heterocycles. The van der Waals surface area contributed by atoms with Crippen molar-refractivity contribution in [2.45, 2.75) is 44.6 Å². The highest BCUT2D eigenvalue weighted by Gasteiger charge is 2.25. The second-order valence-electron chi connectivity index (χ2n) is 5.63. The quantitative estimate of drug-likeness (QED) is 0.804. The van der Waals surface area contributed by atoms with Crippen molar-refractivity contribution in [3.8, 4) is 0 Å². The Hall–Kier alpha value is -0.960. The van der Waals surface area contributed by atoms with E-state index in [-0.39, 0.29) is 11.0 Å². The molecule has 0 bridgehead atoms. The van der Waals surface area contributed by atoms with Crippen LogP contribution in [0.4, 0.5) is 0 Å². The summed E-state index contributed by atoms with van der Waals surface area (Å²) in [4.78, 5) is 2.50. The topological polar surface area (TPSA) is 84.7 Å². The predicted octanol–water partition coefficient (Wildman–Crippen LogP) is 1.07. The summed E-state index contributed by atoms with van der Waals surface area (Å²) in [6.45, 7) is 9.31. The molecule has 7 nitrogen and oxygen atoms in total. The summed E-state index contributed by atoms with van der Waals surface area (Å²) in [6.07, 6.45) is 1.85. The number of ether oxygens (including phenoxy) is 1. The van der Waals surface area contributed by atoms with E-state index in [1.807, 2.05) is 0 Å². The first-order chi connectivity index (χ1) is 10.4. The number of hydrogen-bond acceptors (Lipinski definition) is 6. The Morgan fingerprint density at radius 3 is 2.82 bits per heavy atom. The van der Waals surface area contributed by atoms with E-state index in [1.54, 1.807) is 13.8 Å². The molecule has 8 heteroatoms. The van der Waals surface area contributed by atoms with Crippen molar-refractivity contribution >= 4 is 10.0 Å². The van der Waals surface area contributed by atoms with Gasteiger partial charge in [0, 0.05) is 19.6 Å². The van der Waals surface area contributed by atoms with Crippen LogP contribution in [-0.2, 0) is 14.8 Å². The first kappa shape index (κ1) is 17.4. The zero-order valence-corrected chi connectivity index (χ0v) is 14.3.